The summed E-state index contributed by atoms with van der Waals surface area (Å²) in [6.07, 6.45) is 0. The number of carbonyl (C=O) groups is 1. The van der Waals surface area contributed by atoms with Crippen LogP contribution in [0.25, 0.3) is 0 Å². The Morgan fingerprint density at radius 2 is 2.16 bits per heavy atom. The van der Waals surface area contributed by atoms with Crippen LogP contribution in [0.15, 0.2) is 29.2 Å². The second kappa shape index (κ2) is 8.96. The molecule has 0 aliphatic carbocycles. The number of carbonyl (C=O) groups excluding carboxylic acids is 1. The van der Waals surface area contributed by atoms with Gasteiger partial charge >= 0.3 is 0 Å². The molecule has 0 heterocycles. The zero-order valence-electron chi connectivity index (χ0n) is 11.8. The fourth-order valence-electron chi connectivity index (χ4n) is 1.61. The highest BCUT2D eigenvalue weighted by Gasteiger charge is 2.09. The van der Waals surface area contributed by atoms with Gasteiger partial charge in [0.2, 0.25) is 5.91 Å². The molecule has 0 fully saturated rings. The van der Waals surface area contributed by atoms with Gasteiger partial charge in [-0.2, -0.15) is 0 Å². The van der Waals surface area contributed by atoms with E-state index in [1.165, 1.54) is 0 Å². The Morgan fingerprint density at radius 3 is 2.84 bits per heavy atom. The fraction of sp³-hybridized carbons (Fsp3) is 0.500. The number of rotatable bonds is 8. The molecule has 0 unspecified atom stereocenters. The van der Waals surface area contributed by atoms with Crippen molar-refractivity contribution >= 4 is 23.4 Å². The molecule has 0 aliphatic rings. The smallest absolute Gasteiger partial charge is 0.238 e. The maximum absolute atomic E-state index is 11.9. The van der Waals surface area contributed by atoms with Crippen molar-refractivity contribution < 1.29 is 9.53 Å². The number of hydrogen-bond acceptors (Lipinski definition) is 4. The van der Waals surface area contributed by atoms with Gasteiger partial charge in [-0.1, -0.05) is 19.1 Å². The molecule has 5 heteroatoms. The molecule has 0 bridgehead atoms. The molecule has 1 aromatic rings. The first-order valence-corrected chi connectivity index (χ1v) is 7.35. The van der Waals surface area contributed by atoms with Crippen LogP contribution in [-0.2, 0) is 9.53 Å². The lowest BCUT2D eigenvalue weighted by Crippen LogP contribution is -2.32. The molecule has 0 atom stereocenters. The van der Waals surface area contributed by atoms with E-state index >= 15 is 0 Å². The predicted octanol–water partition coefficient (Wildman–Crippen LogP) is 2.32. The van der Waals surface area contributed by atoms with Gasteiger partial charge < -0.3 is 10.1 Å². The second-order valence-corrected chi connectivity index (χ2v) is 5.51. The lowest BCUT2D eigenvalue weighted by atomic mass is 10.3. The highest BCUT2D eigenvalue weighted by atomic mass is 32.2. The molecule has 1 amide bonds. The van der Waals surface area contributed by atoms with Crippen molar-refractivity contribution in [2.45, 2.75) is 11.8 Å². The average Bonchev–Trinajstić information content (AvgIpc) is 2.39. The highest BCUT2D eigenvalue weighted by molar-refractivity contribution is 7.99. The van der Waals surface area contributed by atoms with Crippen molar-refractivity contribution in [1.82, 2.24) is 4.90 Å². The third-order valence-electron chi connectivity index (χ3n) is 2.55. The first kappa shape index (κ1) is 16.0. The van der Waals surface area contributed by atoms with Gasteiger partial charge in [-0.3, -0.25) is 9.69 Å². The molecule has 0 spiro atoms. The Hall–Kier alpha value is -1.04. The number of amides is 1. The zero-order valence-corrected chi connectivity index (χ0v) is 12.6. The number of para-hydroxylation sites is 1. The largest absolute Gasteiger partial charge is 0.383 e. The Bertz CT molecular complexity index is 399. The fourth-order valence-corrected chi connectivity index (χ4v) is 2.37. The molecule has 1 aromatic carbocycles. The van der Waals surface area contributed by atoms with Crippen LogP contribution in [0.3, 0.4) is 0 Å². The number of ether oxygens (including phenoxy) is 1. The maximum Gasteiger partial charge on any atom is 0.238 e. The van der Waals surface area contributed by atoms with E-state index in [2.05, 4.69) is 12.2 Å². The summed E-state index contributed by atoms with van der Waals surface area (Å²) >= 11 is 1.73. The standard InChI is InChI=1S/C14H22N2O2S/c1-4-19-13-8-6-5-7-12(13)15-14(17)11-16(2)9-10-18-3/h5-8H,4,9-11H2,1-3H3,(H,15,17). The summed E-state index contributed by atoms with van der Waals surface area (Å²) in [5.74, 6) is 0.989. The number of anilines is 1. The van der Waals surface area contributed by atoms with Crippen LogP contribution in [0, 0.1) is 0 Å². The Labute approximate surface area is 119 Å². The molecule has 0 saturated heterocycles. The van der Waals surface area contributed by atoms with Crippen molar-refractivity contribution in [3.8, 4) is 0 Å². The summed E-state index contributed by atoms with van der Waals surface area (Å²) in [4.78, 5) is 15.0. The van der Waals surface area contributed by atoms with Crippen molar-refractivity contribution in [3.63, 3.8) is 0 Å². The molecule has 0 saturated carbocycles. The number of methoxy groups -OCH3 is 1. The van der Waals surface area contributed by atoms with Gasteiger partial charge in [0.25, 0.3) is 0 Å². The van der Waals surface area contributed by atoms with Crippen molar-refractivity contribution in [3.05, 3.63) is 24.3 Å². The first-order valence-electron chi connectivity index (χ1n) is 6.36. The lowest BCUT2D eigenvalue weighted by Gasteiger charge is -2.16. The third kappa shape index (κ3) is 6.09. The van der Waals surface area contributed by atoms with Crippen molar-refractivity contribution in [2.24, 2.45) is 0 Å². The van der Waals surface area contributed by atoms with Gasteiger partial charge in [0.05, 0.1) is 18.8 Å². The van der Waals surface area contributed by atoms with Crippen LogP contribution >= 0.6 is 11.8 Å². The van der Waals surface area contributed by atoms with Crippen LogP contribution in [0.5, 0.6) is 0 Å². The first-order chi connectivity index (χ1) is 9.17. The molecule has 106 valence electrons. The van der Waals surface area contributed by atoms with Crippen LogP contribution in [0.4, 0.5) is 5.69 Å². The number of thioether (sulfide) groups is 1. The van der Waals surface area contributed by atoms with Crippen LogP contribution in [-0.4, -0.2) is 50.4 Å². The van der Waals surface area contributed by atoms with E-state index in [9.17, 15) is 4.79 Å². The molecular weight excluding hydrogens is 260 g/mol. The normalized spacial score (nSPS) is 10.7. The quantitative estimate of drug-likeness (QED) is 0.743. The van der Waals surface area contributed by atoms with Gasteiger partial charge in [0, 0.05) is 18.6 Å². The van der Waals surface area contributed by atoms with Gasteiger partial charge in [-0.15, -0.1) is 11.8 Å². The number of nitrogens with zero attached hydrogens (tertiary/aromatic N) is 1. The summed E-state index contributed by atoms with van der Waals surface area (Å²) in [7, 11) is 3.57. The van der Waals surface area contributed by atoms with Crippen molar-refractivity contribution in [2.75, 3.05) is 44.9 Å². The molecule has 1 rings (SSSR count). The third-order valence-corrected chi connectivity index (χ3v) is 3.51. The highest BCUT2D eigenvalue weighted by Crippen LogP contribution is 2.26. The SMILES string of the molecule is CCSc1ccccc1NC(=O)CN(C)CCOC. The molecular formula is C14H22N2O2S. The van der Waals surface area contributed by atoms with E-state index in [4.69, 9.17) is 4.74 Å². The van der Waals surface area contributed by atoms with Crippen molar-refractivity contribution in [1.29, 1.82) is 0 Å². The zero-order chi connectivity index (χ0) is 14.1. The van der Waals surface area contributed by atoms with E-state index in [1.807, 2.05) is 36.2 Å². The van der Waals surface area contributed by atoms with Gasteiger partial charge in [0.1, 0.15) is 0 Å². The van der Waals surface area contributed by atoms with E-state index in [0.29, 0.717) is 13.2 Å². The van der Waals surface area contributed by atoms with E-state index < -0.39 is 0 Å². The summed E-state index contributed by atoms with van der Waals surface area (Å²) < 4.78 is 4.99. The topological polar surface area (TPSA) is 41.6 Å². The number of likely N-dealkylation sites (N-methyl/N-ethyl adjacent to an activating group) is 1. The minimum absolute atomic E-state index is 0.00255. The Kier molecular flexibility index (Phi) is 7.55. The average molecular weight is 282 g/mol. The van der Waals surface area contributed by atoms with E-state index in [-0.39, 0.29) is 5.91 Å². The van der Waals surface area contributed by atoms with Crippen LogP contribution < -0.4 is 5.32 Å². The number of nitrogens with one attached hydrogen (secondary N) is 1. The number of hydrogen-bond donors (Lipinski definition) is 1. The Balaban J connectivity index is 2.52. The second-order valence-electron chi connectivity index (χ2n) is 4.21. The van der Waals surface area contributed by atoms with Crippen LogP contribution in [0.2, 0.25) is 0 Å². The summed E-state index contributed by atoms with van der Waals surface area (Å²) in [5, 5.41) is 2.96. The molecule has 4 nitrogen and oxygen atoms in total. The van der Waals surface area contributed by atoms with Crippen LogP contribution in [0.1, 0.15) is 6.92 Å². The minimum atomic E-state index is 0.00255. The molecule has 19 heavy (non-hydrogen) atoms. The lowest BCUT2D eigenvalue weighted by molar-refractivity contribution is -0.117. The summed E-state index contributed by atoms with van der Waals surface area (Å²) in [6, 6.07) is 7.88. The number of benzene rings is 1. The predicted molar refractivity (Wildman–Crippen MR) is 80.8 cm³/mol. The monoisotopic (exact) mass is 282 g/mol. The summed E-state index contributed by atoms with van der Waals surface area (Å²) in [5.41, 5.74) is 0.888. The summed E-state index contributed by atoms with van der Waals surface area (Å²) in [6.45, 7) is 3.84. The van der Waals surface area contributed by atoms with Gasteiger partial charge in [-0.05, 0) is 24.9 Å². The maximum atomic E-state index is 11.9. The van der Waals surface area contributed by atoms with Gasteiger partial charge in [-0.25, -0.2) is 0 Å². The van der Waals surface area contributed by atoms with Gasteiger partial charge in [0.15, 0.2) is 0 Å². The minimum Gasteiger partial charge on any atom is -0.383 e. The molecule has 1 N–H and O–H groups in total. The molecule has 0 radical (unpaired) electrons. The van der Waals surface area contributed by atoms with E-state index in [1.54, 1.807) is 18.9 Å². The van der Waals surface area contributed by atoms with E-state index in [0.717, 1.165) is 22.9 Å². The Morgan fingerprint density at radius 1 is 1.42 bits per heavy atom. The molecule has 0 aromatic heterocycles. The molecule has 0 aliphatic heterocycles.